The number of nitro groups is 1. The lowest BCUT2D eigenvalue weighted by Crippen LogP contribution is -2.36. The van der Waals surface area contributed by atoms with Crippen molar-refractivity contribution in [3.05, 3.63) is 147 Å². The van der Waals surface area contributed by atoms with Gasteiger partial charge in [0.15, 0.2) is 0 Å². The molecule has 1 aliphatic heterocycles. The van der Waals surface area contributed by atoms with E-state index in [1.54, 1.807) is 19.1 Å². The Hall–Kier alpha value is -4.78. The SMILES string of the molecule is CCOC(=O)C(c1ccccc1)C(c1ccc([N+](=O)[O-])cc1)c1cccc2c1CCN(C(=O)c1ccccc1)C2. The number of carbonyl (C=O) groups is 2. The van der Waals surface area contributed by atoms with Crippen molar-refractivity contribution < 1.29 is 19.2 Å². The van der Waals surface area contributed by atoms with Crippen LogP contribution in [0.15, 0.2) is 103 Å². The molecule has 5 rings (SSSR count). The molecule has 7 heteroatoms. The maximum absolute atomic E-state index is 13.6. The van der Waals surface area contributed by atoms with E-state index in [0.717, 1.165) is 27.8 Å². The summed E-state index contributed by atoms with van der Waals surface area (Å²) < 4.78 is 5.59. The van der Waals surface area contributed by atoms with Crippen molar-refractivity contribution in [1.82, 2.24) is 4.90 Å². The Bertz CT molecular complexity index is 1500. The van der Waals surface area contributed by atoms with Crippen LogP contribution >= 0.6 is 0 Å². The zero-order valence-electron chi connectivity index (χ0n) is 22.2. The number of nitro benzene ring substituents is 1. The number of hydrogen-bond acceptors (Lipinski definition) is 5. The molecule has 1 amide bonds. The van der Waals surface area contributed by atoms with Gasteiger partial charge in [0.2, 0.25) is 0 Å². The fourth-order valence-electron chi connectivity index (χ4n) is 5.58. The first kappa shape index (κ1) is 26.8. The molecule has 0 saturated heterocycles. The van der Waals surface area contributed by atoms with E-state index in [1.165, 1.54) is 12.1 Å². The number of carbonyl (C=O) groups excluding carboxylic acids is 2. The lowest BCUT2D eigenvalue weighted by atomic mass is 9.74. The Morgan fingerprint density at radius 2 is 1.55 bits per heavy atom. The quantitative estimate of drug-likeness (QED) is 0.151. The Labute approximate surface area is 233 Å². The van der Waals surface area contributed by atoms with Gasteiger partial charge >= 0.3 is 5.97 Å². The lowest BCUT2D eigenvalue weighted by Gasteiger charge is -2.34. The fraction of sp³-hybridized carbons (Fsp3) is 0.212. The first-order valence-electron chi connectivity index (χ1n) is 13.4. The average molecular weight is 535 g/mol. The average Bonchev–Trinajstić information content (AvgIpc) is 3.00. The number of benzene rings is 4. The Balaban J connectivity index is 1.61. The van der Waals surface area contributed by atoms with E-state index in [2.05, 4.69) is 0 Å². The summed E-state index contributed by atoms with van der Waals surface area (Å²) in [5.74, 6) is -1.49. The molecule has 0 saturated carbocycles. The molecule has 4 aromatic rings. The molecular weight excluding hydrogens is 504 g/mol. The first-order valence-corrected chi connectivity index (χ1v) is 13.4. The third kappa shape index (κ3) is 5.50. The van der Waals surface area contributed by atoms with Crippen molar-refractivity contribution in [3.63, 3.8) is 0 Å². The third-order valence-electron chi connectivity index (χ3n) is 7.44. The molecule has 202 valence electrons. The summed E-state index contributed by atoms with van der Waals surface area (Å²) in [5.41, 5.74) is 5.29. The van der Waals surface area contributed by atoms with Crippen LogP contribution in [-0.2, 0) is 22.5 Å². The predicted molar refractivity (Wildman–Crippen MR) is 152 cm³/mol. The minimum absolute atomic E-state index is 0.0138. The molecule has 0 N–H and O–H groups in total. The largest absolute Gasteiger partial charge is 0.465 e. The van der Waals surface area contributed by atoms with Gasteiger partial charge in [-0.05, 0) is 53.3 Å². The van der Waals surface area contributed by atoms with E-state index >= 15 is 0 Å². The highest BCUT2D eigenvalue weighted by Gasteiger charge is 2.36. The highest BCUT2D eigenvalue weighted by Crippen LogP contribution is 2.43. The molecule has 7 nitrogen and oxygen atoms in total. The molecule has 1 aliphatic rings. The number of fused-ring (bicyclic) bond motifs is 1. The van der Waals surface area contributed by atoms with E-state index in [9.17, 15) is 19.7 Å². The van der Waals surface area contributed by atoms with E-state index in [4.69, 9.17) is 4.74 Å². The zero-order valence-corrected chi connectivity index (χ0v) is 22.2. The molecule has 0 fully saturated rings. The van der Waals surface area contributed by atoms with Crippen LogP contribution in [0.25, 0.3) is 0 Å². The Morgan fingerprint density at radius 3 is 2.20 bits per heavy atom. The highest BCUT2D eigenvalue weighted by atomic mass is 16.6. The number of nitrogens with zero attached hydrogens (tertiary/aromatic N) is 2. The molecule has 4 aromatic carbocycles. The summed E-state index contributed by atoms with van der Waals surface area (Å²) in [6.07, 6.45) is 0.623. The van der Waals surface area contributed by atoms with Gasteiger partial charge in [0.25, 0.3) is 11.6 Å². The van der Waals surface area contributed by atoms with Crippen molar-refractivity contribution >= 4 is 17.6 Å². The second-order valence-electron chi connectivity index (χ2n) is 9.79. The molecule has 2 unspecified atom stereocenters. The first-order chi connectivity index (χ1) is 19.5. The number of esters is 1. The number of non-ortho nitro benzene ring substituents is 1. The summed E-state index contributed by atoms with van der Waals surface area (Å²) >= 11 is 0. The monoisotopic (exact) mass is 534 g/mol. The molecule has 0 bridgehead atoms. The van der Waals surface area contributed by atoms with Crippen molar-refractivity contribution in [1.29, 1.82) is 0 Å². The van der Waals surface area contributed by atoms with Gasteiger partial charge in [0.1, 0.15) is 0 Å². The zero-order chi connectivity index (χ0) is 28.1. The molecule has 0 aliphatic carbocycles. The molecule has 0 aromatic heterocycles. The number of rotatable bonds is 8. The van der Waals surface area contributed by atoms with Crippen LogP contribution in [0.1, 0.15) is 56.9 Å². The van der Waals surface area contributed by atoms with Crippen LogP contribution in [0.4, 0.5) is 5.69 Å². The summed E-state index contributed by atoms with van der Waals surface area (Å²) in [6, 6.07) is 31.2. The fourth-order valence-corrected chi connectivity index (χ4v) is 5.58. The van der Waals surface area contributed by atoms with Gasteiger partial charge in [-0.3, -0.25) is 19.7 Å². The van der Waals surface area contributed by atoms with Gasteiger partial charge in [0, 0.05) is 36.7 Å². The molecule has 40 heavy (non-hydrogen) atoms. The van der Waals surface area contributed by atoms with E-state index in [1.807, 2.05) is 83.8 Å². The van der Waals surface area contributed by atoms with Crippen LogP contribution in [0.2, 0.25) is 0 Å². The maximum Gasteiger partial charge on any atom is 0.314 e. The van der Waals surface area contributed by atoms with Crippen LogP contribution in [0.5, 0.6) is 0 Å². The van der Waals surface area contributed by atoms with Crippen LogP contribution in [0.3, 0.4) is 0 Å². The van der Waals surface area contributed by atoms with Crippen molar-refractivity contribution in [2.45, 2.75) is 31.7 Å². The van der Waals surface area contributed by atoms with Crippen LogP contribution in [-0.4, -0.2) is 34.9 Å². The highest BCUT2D eigenvalue weighted by molar-refractivity contribution is 5.94. The van der Waals surface area contributed by atoms with Gasteiger partial charge in [-0.1, -0.05) is 78.9 Å². The normalized spacial score (nSPS) is 14.1. The smallest absolute Gasteiger partial charge is 0.314 e. The van der Waals surface area contributed by atoms with Gasteiger partial charge in [0.05, 0.1) is 17.4 Å². The Morgan fingerprint density at radius 1 is 0.875 bits per heavy atom. The molecule has 0 spiro atoms. The standard InChI is InChI=1S/C33H30N2O5/c1-2-40-33(37)31(23-10-5-3-6-11-23)30(24-16-18-27(19-17-24)35(38)39)29-15-9-14-26-22-34(21-20-28(26)29)32(36)25-12-7-4-8-13-25/h3-19,30-31H,2,20-22H2,1H3. The van der Waals surface area contributed by atoms with E-state index in [0.29, 0.717) is 25.1 Å². The van der Waals surface area contributed by atoms with Crippen LogP contribution in [0, 0.1) is 10.1 Å². The lowest BCUT2D eigenvalue weighted by molar-refractivity contribution is -0.384. The number of amides is 1. The number of ether oxygens (including phenoxy) is 1. The van der Waals surface area contributed by atoms with Crippen molar-refractivity contribution in [2.24, 2.45) is 0 Å². The third-order valence-corrected chi connectivity index (χ3v) is 7.44. The molecular formula is C33H30N2O5. The molecule has 0 radical (unpaired) electrons. The molecule has 2 atom stereocenters. The van der Waals surface area contributed by atoms with Crippen molar-refractivity contribution in [3.8, 4) is 0 Å². The minimum Gasteiger partial charge on any atom is -0.465 e. The van der Waals surface area contributed by atoms with Crippen LogP contribution < -0.4 is 0 Å². The van der Waals surface area contributed by atoms with Gasteiger partial charge in [-0.25, -0.2) is 0 Å². The summed E-state index contributed by atoms with van der Waals surface area (Å²) in [6.45, 7) is 3.02. The second-order valence-corrected chi connectivity index (χ2v) is 9.79. The van der Waals surface area contributed by atoms with Gasteiger partial charge in [-0.15, -0.1) is 0 Å². The summed E-state index contributed by atoms with van der Waals surface area (Å²) in [5, 5.41) is 11.4. The summed E-state index contributed by atoms with van der Waals surface area (Å²) in [7, 11) is 0. The predicted octanol–water partition coefficient (Wildman–Crippen LogP) is 6.27. The van der Waals surface area contributed by atoms with E-state index in [-0.39, 0.29) is 24.2 Å². The van der Waals surface area contributed by atoms with Gasteiger partial charge in [-0.2, -0.15) is 0 Å². The van der Waals surface area contributed by atoms with Crippen molar-refractivity contribution in [2.75, 3.05) is 13.2 Å². The minimum atomic E-state index is -0.668. The summed E-state index contributed by atoms with van der Waals surface area (Å²) in [4.78, 5) is 39.6. The second kappa shape index (κ2) is 11.9. The molecule has 1 heterocycles. The van der Waals surface area contributed by atoms with Gasteiger partial charge < -0.3 is 9.64 Å². The maximum atomic E-state index is 13.6. The number of hydrogen-bond donors (Lipinski definition) is 0. The van der Waals surface area contributed by atoms with E-state index < -0.39 is 16.8 Å². The Kier molecular flexibility index (Phi) is 8.01. The topological polar surface area (TPSA) is 89.8 Å².